The number of ether oxygens (including phenoxy) is 1. The van der Waals surface area contributed by atoms with Gasteiger partial charge in [-0.15, -0.1) is 10.2 Å². The lowest BCUT2D eigenvalue weighted by molar-refractivity contribution is -0.116. The second-order valence-corrected chi connectivity index (χ2v) is 8.38. The van der Waals surface area contributed by atoms with Crippen molar-refractivity contribution in [3.8, 4) is 11.4 Å². The highest BCUT2D eigenvalue weighted by atomic mass is 35.5. The lowest BCUT2D eigenvalue weighted by Gasteiger charge is -2.14. The van der Waals surface area contributed by atoms with Crippen molar-refractivity contribution < 1.29 is 9.53 Å². The lowest BCUT2D eigenvalue weighted by atomic mass is 10.00. The zero-order chi connectivity index (χ0) is 23.7. The molecule has 0 radical (unpaired) electrons. The number of carbonyl (C=O) groups excluding carboxylic acids is 1. The fraction of sp³-hybridized carbons (Fsp3) is 0.154. The quantitative estimate of drug-likeness (QED) is 0.436. The maximum Gasteiger partial charge on any atom is 0.227 e. The number of carbonyl (C=O) groups is 1. The van der Waals surface area contributed by atoms with Crippen molar-refractivity contribution in [2.24, 2.45) is 4.99 Å². The molecule has 1 unspecified atom stereocenters. The summed E-state index contributed by atoms with van der Waals surface area (Å²) in [5.74, 6) is 1.86. The average molecular weight is 472 g/mol. The van der Waals surface area contributed by atoms with Gasteiger partial charge in [0, 0.05) is 21.8 Å². The van der Waals surface area contributed by atoms with Gasteiger partial charge in [0.1, 0.15) is 17.6 Å². The van der Waals surface area contributed by atoms with E-state index < -0.39 is 6.04 Å². The predicted octanol–water partition coefficient (Wildman–Crippen LogP) is 5.16. The molecule has 1 N–H and O–H groups in total. The van der Waals surface area contributed by atoms with Crippen LogP contribution in [0.25, 0.3) is 5.69 Å². The summed E-state index contributed by atoms with van der Waals surface area (Å²) in [7, 11) is 1.63. The molecule has 34 heavy (non-hydrogen) atoms. The van der Waals surface area contributed by atoms with Gasteiger partial charge in [0.05, 0.1) is 24.9 Å². The van der Waals surface area contributed by atoms with E-state index in [1.807, 2.05) is 84.3 Å². The average Bonchev–Trinajstić information content (AvgIpc) is 3.17. The fourth-order valence-corrected chi connectivity index (χ4v) is 4.21. The van der Waals surface area contributed by atoms with Gasteiger partial charge in [0.25, 0.3) is 0 Å². The first kappa shape index (κ1) is 21.9. The van der Waals surface area contributed by atoms with Gasteiger partial charge in [-0.05, 0) is 49.4 Å². The van der Waals surface area contributed by atoms with E-state index in [0.29, 0.717) is 22.4 Å². The highest BCUT2D eigenvalue weighted by Crippen LogP contribution is 2.34. The number of hydrogen-bond donors (Lipinski definition) is 1. The largest absolute Gasteiger partial charge is 0.497 e. The van der Waals surface area contributed by atoms with Crippen LogP contribution in [0.5, 0.6) is 5.75 Å². The molecule has 8 heteroatoms. The number of fused-ring (bicyclic) bond motifs is 3. The number of methoxy groups -OCH3 is 1. The van der Waals surface area contributed by atoms with Crippen LogP contribution >= 0.6 is 11.6 Å². The van der Waals surface area contributed by atoms with E-state index in [9.17, 15) is 4.79 Å². The first-order valence-electron chi connectivity index (χ1n) is 10.8. The van der Waals surface area contributed by atoms with Crippen molar-refractivity contribution in [1.82, 2.24) is 14.8 Å². The van der Waals surface area contributed by atoms with Crippen LogP contribution in [0.15, 0.2) is 77.8 Å². The van der Waals surface area contributed by atoms with E-state index >= 15 is 0 Å². The van der Waals surface area contributed by atoms with Crippen LogP contribution in [0.2, 0.25) is 5.02 Å². The summed E-state index contributed by atoms with van der Waals surface area (Å²) in [6, 6.07) is 22.1. The van der Waals surface area contributed by atoms with Crippen molar-refractivity contribution in [3.63, 3.8) is 0 Å². The maximum atomic E-state index is 13.0. The highest BCUT2D eigenvalue weighted by molar-refractivity contribution is 6.30. The number of aryl methyl sites for hydroxylation is 1. The molecule has 0 aliphatic carbocycles. The smallest absolute Gasteiger partial charge is 0.227 e. The summed E-state index contributed by atoms with van der Waals surface area (Å²) < 4.78 is 7.46. The Kier molecular flexibility index (Phi) is 5.86. The lowest BCUT2D eigenvalue weighted by Crippen LogP contribution is -2.17. The van der Waals surface area contributed by atoms with Gasteiger partial charge in [-0.3, -0.25) is 14.4 Å². The minimum absolute atomic E-state index is 0.106. The van der Waals surface area contributed by atoms with E-state index in [1.54, 1.807) is 7.11 Å². The Morgan fingerprint density at radius 2 is 1.82 bits per heavy atom. The molecule has 5 rings (SSSR count). The number of rotatable bonds is 5. The number of amides is 1. The molecule has 1 amide bonds. The summed E-state index contributed by atoms with van der Waals surface area (Å²) in [5, 5.41) is 12.3. The number of aromatic nitrogens is 3. The van der Waals surface area contributed by atoms with Crippen molar-refractivity contribution in [3.05, 3.63) is 101 Å². The molecule has 1 aliphatic heterocycles. The molecular weight excluding hydrogens is 450 g/mol. The second kappa shape index (κ2) is 9.11. The van der Waals surface area contributed by atoms with Gasteiger partial charge in [-0.2, -0.15) is 0 Å². The zero-order valence-electron chi connectivity index (χ0n) is 18.7. The van der Waals surface area contributed by atoms with Gasteiger partial charge in [0.2, 0.25) is 5.91 Å². The molecule has 3 aromatic carbocycles. The van der Waals surface area contributed by atoms with Crippen molar-refractivity contribution in [2.75, 3.05) is 12.4 Å². The Bertz CT molecular complexity index is 1380. The molecule has 0 bridgehead atoms. The molecule has 2 heterocycles. The number of hydrogen-bond acceptors (Lipinski definition) is 5. The van der Waals surface area contributed by atoms with Gasteiger partial charge < -0.3 is 10.1 Å². The number of benzene rings is 3. The normalized spacial score (nSPS) is 14.4. The third kappa shape index (κ3) is 4.18. The third-order valence-electron chi connectivity index (χ3n) is 5.69. The van der Waals surface area contributed by atoms with Crippen LogP contribution < -0.4 is 10.1 Å². The standard InChI is InChI=1S/C26H22ClN5O2/c1-16-30-31-26-22(15-24(33)28-19-6-4-3-5-7-19)29-25(17-8-10-18(27)11-9-17)21-14-20(34-2)12-13-23(21)32(16)26/h3-14,22H,15H2,1-2H3,(H,28,33). The van der Waals surface area contributed by atoms with Crippen molar-refractivity contribution in [1.29, 1.82) is 0 Å². The first-order chi connectivity index (χ1) is 16.5. The number of aliphatic imine (C=N–C) groups is 1. The monoisotopic (exact) mass is 471 g/mol. The summed E-state index contributed by atoms with van der Waals surface area (Å²) in [5.41, 5.74) is 4.07. The van der Waals surface area contributed by atoms with Crippen LogP contribution in [-0.4, -0.2) is 33.5 Å². The molecule has 170 valence electrons. The fourth-order valence-electron chi connectivity index (χ4n) is 4.09. The molecular formula is C26H22ClN5O2. The highest BCUT2D eigenvalue weighted by Gasteiger charge is 2.30. The van der Waals surface area contributed by atoms with E-state index in [1.165, 1.54) is 0 Å². The van der Waals surface area contributed by atoms with Crippen molar-refractivity contribution >= 4 is 28.9 Å². The van der Waals surface area contributed by atoms with E-state index in [0.717, 1.165) is 28.2 Å². The van der Waals surface area contributed by atoms with Gasteiger partial charge in [-0.25, -0.2) is 0 Å². The number of nitrogens with zero attached hydrogens (tertiary/aromatic N) is 4. The molecule has 0 saturated carbocycles. The van der Waals surface area contributed by atoms with Crippen LogP contribution in [-0.2, 0) is 4.79 Å². The third-order valence-corrected chi connectivity index (χ3v) is 5.94. The Morgan fingerprint density at radius 1 is 1.06 bits per heavy atom. The van der Waals surface area contributed by atoms with Gasteiger partial charge >= 0.3 is 0 Å². The molecule has 4 aromatic rings. The summed E-state index contributed by atoms with van der Waals surface area (Å²) in [6.45, 7) is 1.89. The van der Waals surface area contributed by atoms with E-state index in [4.69, 9.17) is 21.3 Å². The molecule has 7 nitrogen and oxygen atoms in total. The zero-order valence-corrected chi connectivity index (χ0v) is 19.5. The van der Waals surface area contributed by atoms with Crippen LogP contribution in [0.3, 0.4) is 0 Å². The van der Waals surface area contributed by atoms with Gasteiger partial charge in [-0.1, -0.05) is 41.9 Å². The Balaban J connectivity index is 1.64. The topological polar surface area (TPSA) is 81.4 Å². The molecule has 0 spiro atoms. The van der Waals surface area contributed by atoms with Gasteiger partial charge in [0.15, 0.2) is 5.82 Å². The maximum absolute atomic E-state index is 13.0. The predicted molar refractivity (Wildman–Crippen MR) is 132 cm³/mol. The molecule has 0 fully saturated rings. The number of nitrogens with one attached hydrogen (secondary N) is 1. The summed E-state index contributed by atoms with van der Waals surface area (Å²) in [4.78, 5) is 18.1. The van der Waals surface area contributed by atoms with Crippen LogP contribution in [0, 0.1) is 6.92 Å². The summed E-state index contributed by atoms with van der Waals surface area (Å²) in [6.07, 6.45) is 0.106. The van der Waals surface area contributed by atoms with E-state index in [-0.39, 0.29) is 12.3 Å². The van der Waals surface area contributed by atoms with Crippen LogP contribution in [0.4, 0.5) is 5.69 Å². The summed E-state index contributed by atoms with van der Waals surface area (Å²) >= 11 is 6.15. The van der Waals surface area contributed by atoms with Crippen LogP contribution in [0.1, 0.15) is 35.2 Å². The van der Waals surface area contributed by atoms with E-state index in [2.05, 4.69) is 15.5 Å². The Morgan fingerprint density at radius 3 is 2.56 bits per heavy atom. The first-order valence-corrected chi connectivity index (χ1v) is 11.2. The molecule has 0 saturated heterocycles. The SMILES string of the molecule is COc1ccc2c(c1)C(c1ccc(Cl)cc1)=NC(CC(=O)Nc1ccccc1)c1nnc(C)n1-2. The molecule has 1 aliphatic rings. The Hall–Kier alpha value is -3.97. The number of anilines is 1. The minimum Gasteiger partial charge on any atom is -0.497 e. The number of para-hydroxylation sites is 1. The second-order valence-electron chi connectivity index (χ2n) is 7.94. The Labute approximate surface area is 202 Å². The van der Waals surface area contributed by atoms with Crippen molar-refractivity contribution in [2.45, 2.75) is 19.4 Å². The molecule has 1 aromatic heterocycles. The molecule has 1 atom stereocenters. The number of halogens is 1. The minimum atomic E-state index is -0.547.